The number of hydrogen-bond donors (Lipinski definition) is 2. The van der Waals surface area contributed by atoms with Gasteiger partial charge >= 0.3 is 0 Å². The van der Waals surface area contributed by atoms with Crippen LogP contribution in [0.5, 0.6) is 0 Å². The van der Waals surface area contributed by atoms with Crippen molar-refractivity contribution in [3.8, 4) is 0 Å². The van der Waals surface area contributed by atoms with Crippen molar-refractivity contribution in [2.24, 2.45) is 22.6 Å². The molecule has 1 aromatic carbocycles. The summed E-state index contributed by atoms with van der Waals surface area (Å²) in [6, 6.07) is 8.60. The number of rotatable bonds is 6. The lowest BCUT2D eigenvalue weighted by Crippen LogP contribution is -2.34. The van der Waals surface area contributed by atoms with Gasteiger partial charge in [0.05, 0.1) is 6.54 Å². The van der Waals surface area contributed by atoms with Crippen molar-refractivity contribution in [1.29, 1.82) is 0 Å². The van der Waals surface area contributed by atoms with Gasteiger partial charge in [-0.2, -0.15) is 0 Å². The molecule has 0 radical (unpaired) electrons. The van der Waals surface area contributed by atoms with Gasteiger partial charge in [0.2, 0.25) is 0 Å². The number of guanidine groups is 1. The molecular weight excluding hydrogens is 411 g/mol. The van der Waals surface area contributed by atoms with Crippen LogP contribution in [0.4, 0.5) is 0 Å². The highest BCUT2D eigenvalue weighted by atomic mass is 127. The largest absolute Gasteiger partial charge is 0.370 e. The van der Waals surface area contributed by atoms with Crippen LogP contribution in [0.1, 0.15) is 44.7 Å². The second-order valence-electron chi connectivity index (χ2n) is 7.23. The first-order valence-corrected chi connectivity index (χ1v) is 8.87. The smallest absolute Gasteiger partial charge is 0.188 e. The van der Waals surface area contributed by atoms with E-state index in [1.807, 2.05) is 0 Å². The Morgan fingerprint density at radius 2 is 2.04 bits per heavy atom. The summed E-state index contributed by atoms with van der Waals surface area (Å²) in [5.74, 6) is 1.92. The van der Waals surface area contributed by atoms with Crippen molar-refractivity contribution in [3.63, 3.8) is 0 Å². The van der Waals surface area contributed by atoms with Crippen molar-refractivity contribution in [2.75, 3.05) is 19.6 Å². The zero-order valence-corrected chi connectivity index (χ0v) is 17.6. The van der Waals surface area contributed by atoms with Gasteiger partial charge in [0.25, 0.3) is 0 Å². The van der Waals surface area contributed by atoms with Crippen LogP contribution in [-0.4, -0.2) is 30.5 Å². The van der Waals surface area contributed by atoms with Gasteiger partial charge in [0, 0.05) is 19.6 Å². The average Bonchev–Trinajstić information content (AvgIpc) is 2.52. The number of nitrogens with zero attached hydrogens (tertiary/aromatic N) is 2. The van der Waals surface area contributed by atoms with Crippen LogP contribution in [0.3, 0.4) is 0 Å². The molecule has 0 aliphatic carbocycles. The number of nitrogens with one attached hydrogen (secondary N) is 1. The van der Waals surface area contributed by atoms with Crippen molar-refractivity contribution < 1.29 is 0 Å². The summed E-state index contributed by atoms with van der Waals surface area (Å²) in [4.78, 5) is 7.07. The molecule has 1 aromatic rings. The fourth-order valence-corrected chi connectivity index (χ4v) is 3.07. The van der Waals surface area contributed by atoms with Gasteiger partial charge in [-0.05, 0) is 42.3 Å². The van der Waals surface area contributed by atoms with E-state index in [9.17, 15) is 0 Å². The maximum absolute atomic E-state index is 5.95. The lowest BCUT2D eigenvalue weighted by atomic mass is 9.99. The third kappa shape index (κ3) is 7.38. The third-order valence-electron chi connectivity index (χ3n) is 4.36. The number of hydrogen-bond acceptors (Lipinski definition) is 2. The first kappa shape index (κ1) is 21.2. The van der Waals surface area contributed by atoms with E-state index in [0.717, 1.165) is 19.0 Å². The van der Waals surface area contributed by atoms with E-state index in [4.69, 9.17) is 5.73 Å². The van der Waals surface area contributed by atoms with E-state index in [0.29, 0.717) is 18.4 Å². The van der Waals surface area contributed by atoms with Crippen LogP contribution >= 0.6 is 24.0 Å². The molecule has 0 saturated carbocycles. The second-order valence-corrected chi connectivity index (χ2v) is 7.23. The van der Waals surface area contributed by atoms with Gasteiger partial charge in [-0.25, -0.2) is 4.99 Å². The monoisotopic (exact) mass is 444 g/mol. The van der Waals surface area contributed by atoms with Crippen LogP contribution in [0.2, 0.25) is 0 Å². The average molecular weight is 444 g/mol. The SMILES string of the molecule is CC(C)CNC(N)=NCc1ccccc1CN1CCCC(C)C1.I. The fraction of sp³-hybridized carbons (Fsp3) is 0.632. The van der Waals surface area contributed by atoms with E-state index in [2.05, 4.69) is 60.2 Å². The molecule has 2 rings (SSSR count). The van der Waals surface area contributed by atoms with Crippen molar-refractivity contribution in [3.05, 3.63) is 35.4 Å². The van der Waals surface area contributed by atoms with Crippen LogP contribution in [0, 0.1) is 11.8 Å². The molecule has 0 spiro atoms. The zero-order valence-electron chi connectivity index (χ0n) is 15.3. The highest BCUT2D eigenvalue weighted by molar-refractivity contribution is 14.0. The number of nitrogens with two attached hydrogens (primary N) is 1. The maximum Gasteiger partial charge on any atom is 0.188 e. The lowest BCUT2D eigenvalue weighted by molar-refractivity contribution is 0.176. The molecule has 1 saturated heterocycles. The molecule has 0 bridgehead atoms. The zero-order chi connectivity index (χ0) is 16.7. The summed E-state index contributed by atoms with van der Waals surface area (Å²) in [5.41, 5.74) is 8.61. The quantitative estimate of drug-likeness (QED) is 0.401. The molecule has 5 heteroatoms. The summed E-state index contributed by atoms with van der Waals surface area (Å²) < 4.78 is 0. The predicted octanol–water partition coefficient (Wildman–Crippen LogP) is 3.60. The molecule has 3 N–H and O–H groups in total. The van der Waals surface area contributed by atoms with Crippen molar-refractivity contribution >= 4 is 29.9 Å². The molecule has 1 heterocycles. The fourth-order valence-electron chi connectivity index (χ4n) is 3.07. The van der Waals surface area contributed by atoms with E-state index in [-0.39, 0.29) is 24.0 Å². The summed E-state index contributed by atoms with van der Waals surface area (Å²) in [6.07, 6.45) is 2.67. The molecule has 0 amide bonds. The van der Waals surface area contributed by atoms with E-state index < -0.39 is 0 Å². The van der Waals surface area contributed by atoms with Gasteiger partial charge in [-0.3, -0.25) is 4.90 Å². The number of piperidine rings is 1. The Hall–Kier alpha value is -0.820. The van der Waals surface area contributed by atoms with Crippen LogP contribution < -0.4 is 11.1 Å². The van der Waals surface area contributed by atoms with Crippen LogP contribution in [0.15, 0.2) is 29.3 Å². The Morgan fingerprint density at radius 1 is 1.33 bits per heavy atom. The molecule has 1 aliphatic heterocycles. The highest BCUT2D eigenvalue weighted by Gasteiger charge is 2.17. The summed E-state index contributed by atoms with van der Waals surface area (Å²) in [6.45, 7) is 11.6. The molecule has 1 aliphatic rings. The highest BCUT2D eigenvalue weighted by Crippen LogP contribution is 2.19. The molecule has 24 heavy (non-hydrogen) atoms. The van der Waals surface area contributed by atoms with Crippen LogP contribution in [0.25, 0.3) is 0 Å². The lowest BCUT2D eigenvalue weighted by Gasteiger charge is -2.31. The molecule has 4 nitrogen and oxygen atoms in total. The molecule has 1 fully saturated rings. The molecule has 136 valence electrons. The topological polar surface area (TPSA) is 53.6 Å². The normalized spacial score (nSPS) is 19.2. The van der Waals surface area contributed by atoms with Crippen LogP contribution in [-0.2, 0) is 13.1 Å². The van der Waals surface area contributed by atoms with E-state index in [1.165, 1.54) is 37.1 Å². The van der Waals surface area contributed by atoms with Gasteiger partial charge < -0.3 is 11.1 Å². The number of benzene rings is 1. The minimum atomic E-state index is 0. The summed E-state index contributed by atoms with van der Waals surface area (Å²) >= 11 is 0. The first-order valence-electron chi connectivity index (χ1n) is 8.87. The molecule has 1 atom stereocenters. The second kappa shape index (κ2) is 10.9. The van der Waals surface area contributed by atoms with Gasteiger partial charge in [0.1, 0.15) is 0 Å². The molecule has 1 unspecified atom stereocenters. The summed E-state index contributed by atoms with van der Waals surface area (Å²) in [5, 5.41) is 3.18. The predicted molar refractivity (Wildman–Crippen MR) is 114 cm³/mol. The molecular formula is C19H33IN4. The first-order chi connectivity index (χ1) is 11.0. The number of aliphatic imine (C=N–C) groups is 1. The van der Waals surface area contributed by atoms with Gasteiger partial charge in [0.15, 0.2) is 5.96 Å². The summed E-state index contributed by atoms with van der Waals surface area (Å²) in [7, 11) is 0. The Morgan fingerprint density at radius 3 is 2.71 bits per heavy atom. The molecule has 0 aromatic heterocycles. The standard InChI is InChI=1S/C19H32N4.HI/c1-15(2)11-21-19(20)22-12-17-8-4-5-9-18(17)14-23-10-6-7-16(3)13-23;/h4-5,8-9,15-16H,6-7,10-14H2,1-3H3,(H3,20,21,22);1H. The Bertz CT molecular complexity index is 516. The van der Waals surface area contributed by atoms with E-state index >= 15 is 0 Å². The maximum atomic E-state index is 5.95. The van der Waals surface area contributed by atoms with Crippen molar-refractivity contribution in [1.82, 2.24) is 10.2 Å². The third-order valence-corrected chi connectivity index (χ3v) is 4.36. The Labute approximate surface area is 164 Å². The Balaban J connectivity index is 0.00000288. The Kier molecular flexibility index (Phi) is 9.66. The van der Waals surface area contributed by atoms with Gasteiger partial charge in [-0.15, -0.1) is 24.0 Å². The van der Waals surface area contributed by atoms with Gasteiger partial charge in [-0.1, -0.05) is 45.0 Å². The number of halogens is 1. The number of likely N-dealkylation sites (tertiary alicyclic amines) is 1. The van der Waals surface area contributed by atoms with E-state index in [1.54, 1.807) is 0 Å². The minimum absolute atomic E-state index is 0. The minimum Gasteiger partial charge on any atom is -0.370 e. The van der Waals surface area contributed by atoms with Crippen molar-refractivity contribution in [2.45, 2.75) is 46.7 Å².